The number of nitrogen functional groups attached to an aromatic ring is 1. The molecule has 1 fully saturated rings. The standard InChI is InChI=1S/C11H17N3/c1-14-7-3-2-4-11(14)10-6-5-9(12)8-13-10/h5-6,8,11H,2-4,7,12H2,1H3. The molecule has 2 N–H and O–H groups in total. The number of rotatable bonds is 1. The first kappa shape index (κ1) is 9.46. The summed E-state index contributed by atoms with van der Waals surface area (Å²) in [6.07, 6.45) is 5.58. The normalized spacial score (nSPS) is 23.6. The number of aromatic nitrogens is 1. The van der Waals surface area contributed by atoms with Gasteiger partial charge in [-0.1, -0.05) is 6.42 Å². The van der Waals surface area contributed by atoms with Crippen molar-refractivity contribution < 1.29 is 0 Å². The number of hydrogen-bond acceptors (Lipinski definition) is 3. The molecule has 0 aromatic carbocycles. The van der Waals surface area contributed by atoms with Crippen molar-refractivity contribution in [2.24, 2.45) is 0 Å². The van der Waals surface area contributed by atoms with E-state index in [2.05, 4.69) is 16.9 Å². The maximum absolute atomic E-state index is 5.61. The van der Waals surface area contributed by atoms with Crippen LogP contribution in [0.3, 0.4) is 0 Å². The van der Waals surface area contributed by atoms with E-state index >= 15 is 0 Å². The topological polar surface area (TPSA) is 42.1 Å². The van der Waals surface area contributed by atoms with E-state index in [4.69, 9.17) is 5.73 Å². The van der Waals surface area contributed by atoms with E-state index in [-0.39, 0.29) is 0 Å². The molecule has 2 heterocycles. The van der Waals surface area contributed by atoms with Gasteiger partial charge < -0.3 is 5.73 Å². The molecule has 1 aromatic heterocycles. The van der Waals surface area contributed by atoms with Gasteiger partial charge >= 0.3 is 0 Å². The summed E-state index contributed by atoms with van der Waals surface area (Å²) in [7, 11) is 2.17. The molecule has 76 valence electrons. The highest BCUT2D eigenvalue weighted by Gasteiger charge is 2.21. The van der Waals surface area contributed by atoms with E-state index in [1.165, 1.54) is 25.8 Å². The van der Waals surface area contributed by atoms with E-state index in [1.54, 1.807) is 6.20 Å². The predicted molar refractivity (Wildman–Crippen MR) is 57.9 cm³/mol. The summed E-state index contributed by atoms with van der Waals surface area (Å²) in [5.41, 5.74) is 7.51. The number of hydrogen-bond donors (Lipinski definition) is 1. The molecule has 0 bridgehead atoms. The number of anilines is 1. The van der Waals surface area contributed by atoms with Gasteiger partial charge in [-0.2, -0.15) is 0 Å². The van der Waals surface area contributed by atoms with E-state index in [9.17, 15) is 0 Å². The summed E-state index contributed by atoms with van der Waals surface area (Å²) < 4.78 is 0. The monoisotopic (exact) mass is 191 g/mol. The zero-order valence-corrected chi connectivity index (χ0v) is 8.61. The van der Waals surface area contributed by atoms with Crippen molar-refractivity contribution in [1.82, 2.24) is 9.88 Å². The first-order valence-corrected chi connectivity index (χ1v) is 5.19. The maximum Gasteiger partial charge on any atom is 0.0576 e. The first-order chi connectivity index (χ1) is 6.77. The molecule has 0 radical (unpaired) electrons. The fourth-order valence-electron chi connectivity index (χ4n) is 2.06. The van der Waals surface area contributed by atoms with Crippen LogP contribution >= 0.6 is 0 Å². The van der Waals surface area contributed by atoms with Crippen molar-refractivity contribution in [3.8, 4) is 0 Å². The average molecular weight is 191 g/mol. The summed E-state index contributed by atoms with van der Waals surface area (Å²) in [6, 6.07) is 4.47. The Hall–Kier alpha value is -1.09. The highest BCUT2D eigenvalue weighted by Crippen LogP contribution is 2.28. The van der Waals surface area contributed by atoms with E-state index < -0.39 is 0 Å². The molecule has 1 aliphatic rings. The quantitative estimate of drug-likeness (QED) is 0.736. The minimum absolute atomic E-state index is 0.490. The molecular weight excluding hydrogens is 174 g/mol. The smallest absolute Gasteiger partial charge is 0.0576 e. The van der Waals surface area contributed by atoms with Crippen molar-refractivity contribution in [2.45, 2.75) is 25.3 Å². The molecule has 0 spiro atoms. The Morgan fingerprint density at radius 1 is 1.43 bits per heavy atom. The second-order valence-electron chi connectivity index (χ2n) is 4.01. The molecule has 1 saturated heterocycles. The summed E-state index contributed by atoms with van der Waals surface area (Å²) in [5.74, 6) is 0. The van der Waals surface area contributed by atoms with Crippen LogP contribution in [0.1, 0.15) is 31.0 Å². The second kappa shape index (κ2) is 3.96. The fraction of sp³-hybridized carbons (Fsp3) is 0.545. The summed E-state index contributed by atoms with van der Waals surface area (Å²) in [4.78, 5) is 6.76. The van der Waals surface area contributed by atoms with Crippen LogP contribution in [-0.2, 0) is 0 Å². The SMILES string of the molecule is CN1CCCCC1c1ccc(N)cn1. The van der Waals surface area contributed by atoms with Crippen molar-refractivity contribution in [2.75, 3.05) is 19.3 Å². The lowest BCUT2D eigenvalue weighted by atomic mass is 10.00. The zero-order chi connectivity index (χ0) is 9.97. The number of nitrogens with two attached hydrogens (primary N) is 1. The van der Waals surface area contributed by atoms with Crippen LogP contribution < -0.4 is 5.73 Å². The highest BCUT2D eigenvalue weighted by atomic mass is 15.1. The molecule has 1 unspecified atom stereocenters. The molecule has 0 saturated carbocycles. The number of nitrogens with zero attached hydrogens (tertiary/aromatic N) is 2. The molecule has 0 amide bonds. The predicted octanol–water partition coefficient (Wildman–Crippen LogP) is 1.82. The van der Waals surface area contributed by atoms with Crippen LogP contribution in [0.15, 0.2) is 18.3 Å². The number of piperidine rings is 1. The van der Waals surface area contributed by atoms with Crippen molar-refractivity contribution in [3.63, 3.8) is 0 Å². The molecule has 1 atom stereocenters. The van der Waals surface area contributed by atoms with Gasteiger partial charge in [0, 0.05) is 0 Å². The fourth-order valence-corrected chi connectivity index (χ4v) is 2.06. The molecule has 14 heavy (non-hydrogen) atoms. The van der Waals surface area contributed by atoms with Gasteiger partial charge in [-0.05, 0) is 38.6 Å². The van der Waals surface area contributed by atoms with Crippen LogP contribution in [-0.4, -0.2) is 23.5 Å². The molecule has 1 aliphatic heterocycles. The first-order valence-electron chi connectivity index (χ1n) is 5.19. The van der Waals surface area contributed by atoms with Gasteiger partial charge in [0.25, 0.3) is 0 Å². The van der Waals surface area contributed by atoms with Gasteiger partial charge in [-0.25, -0.2) is 0 Å². The minimum Gasteiger partial charge on any atom is -0.397 e. The van der Waals surface area contributed by atoms with Crippen molar-refractivity contribution in [3.05, 3.63) is 24.0 Å². The lowest BCUT2D eigenvalue weighted by Gasteiger charge is -2.31. The zero-order valence-electron chi connectivity index (χ0n) is 8.61. The van der Waals surface area contributed by atoms with Crippen molar-refractivity contribution in [1.29, 1.82) is 0 Å². The van der Waals surface area contributed by atoms with E-state index in [1.807, 2.05) is 12.1 Å². The largest absolute Gasteiger partial charge is 0.397 e. The minimum atomic E-state index is 0.490. The van der Waals surface area contributed by atoms with Gasteiger partial charge in [0.15, 0.2) is 0 Å². The summed E-state index contributed by atoms with van der Waals surface area (Å²) in [5, 5.41) is 0. The Balaban J connectivity index is 2.16. The molecular formula is C11H17N3. The van der Waals surface area contributed by atoms with Crippen LogP contribution in [0, 0.1) is 0 Å². The van der Waals surface area contributed by atoms with Gasteiger partial charge in [-0.3, -0.25) is 9.88 Å². The summed E-state index contributed by atoms with van der Waals surface area (Å²) >= 11 is 0. The highest BCUT2D eigenvalue weighted by molar-refractivity contribution is 5.35. The molecule has 0 aliphatic carbocycles. The lowest BCUT2D eigenvalue weighted by molar-refractivity contribution is 0.183. The summed E-state index contributed by atoms with van der Waals surface area (Å²) in [6.45, 7) is 1.18. The molecule has 1 aromatic rings. The van der Waals surface area contributed by atoms with Crippen LogP contribution in [0.2, 0.25) is 0 Å². The Kier molecular flexibility index (Phi) is 2.68. The third-order valence-corrected chi connectivity index (χ3v) is 2.92. The molecule has 3 heteroatoms. The lowest BCUT2D eigenvalue weighted by Crippen LogP contribution is -2.30. The van der Waals surface area contributed by atoms with E-state index in [0.717, 1.165) is 11.4 Å². The van der Waals surface area contributed by atoms with Crippen LogP contribution in [0.4, 0.5) is 5.69 Å². The maximum atomic E-state index is 5.61. The second-order valence-corrected chi connectivity index (χ2v) is 4.01. The van der Waals surface area contributed by atoms with Gasteiger partial charge in [0.05, 0.1) is 23.6 Å². The average Bonchev–Trinajstić information content (AvgIpc) is 2.20. The van der Waals surface area contributed by atoms with Crippen molar-refractivity contribution >= 4 is 5.69 Å². The Morgan fingerprint density at radius 2 is 2.29 bits per heavy atom. The van der Waals surface area contributed by atoms with Gasteiger partial charge in [-0.15, -0.1) is 0 Å². The molecule has 3 nitrogen and oxygen atoms in total. The van der Waals surface area contributed by atoms with Gasteiger partial charge in [0.1, 0.15) is 0 Å². The van der Waals surface area contributed by atoms with Crippen LogP contribution in [0.25, 0.3) is 0 Å². The Bertz CT molecular complexity index is 294. The van der Waals surface area contributed by atoms with Crippen LogP contribution in [0.5, 0.6) is 0 Å². The Morgan fingerprint density at radius 3 is 2.93 bits per heavy atom. The number of likely N-dealkylation sites (tertiary alicyclic amines) is 1. The molecule has 2 rings (SSSR count). The van der Waals surface area contributed by atoms with E-state index in [0.29, 0.717) is 6.04 Å². The Labute approximate surface area is 84.9 Å². The van der Waals surface area contributed by atoms with Gasteiger partial charge in [0.2, 0.25) is 0 Å². The third kappa shape index (κ3) is 1.87. The number of pyridine rings is 1. The third-order valence-electron chi connectivity index (χ3n) is 2.92.